The second kappa shape index (κ2) is 7.26. The molecule has 2 N–H and O–H groups in total. The molecule has 0 aliphatic heterocycles. The Bertz CT molecular complexity index is 645. The predicted octanol–water partition coefficient (Wildman–Crippen LogP) is 3.22. The SMILES string of the molecule is Cc1cc(CNC(=O)C[C@H](CC(=O)O)c2cccs2)c(C)o1. The summed E-state index contributed by atoms with van der Waals surface area (Å²) in [5, 5.41) is 13.7. The predicted molar refractivity (Wildman–Crippen MR) is 84.0 cm³/mol. The van der Waals surface area contributed by atoms with Gasteiger partial charge in [-0.05, 0) is 31.4 Å². The van der Waals surface area contributed by atoms with Gasteiger partial charge in [0.05, 0.1) is 6.42 Å². The quantitative estimate of drug-likeness (QED) is 0.820. The lowest BCUT2D eigenvalue weighted by molar-refractivity contribution is -0.137. The first kappa shape index (κ1) is 16.3. The van der Waals surface area contributed by atoms with Crippen LogP contribution in [-0.4, -0.2) is 17.0 Å². The summed E-state index contributed by atoms with van der Waals surface area (Å²) in [6.45, 7) is 4.11. The van der Waals surface area contributed by atoms with E-state index in [0.29, 0.717) is 6.54 Å². The van der Waals surface area contributed by atoms with Crippen LogP contribution >= 0.6 is 11.3 Å². The molecule has 0 saturated carbocycles. The Morgan fingerprint density at radius 1 is 1.36 bits per heavy atom. The first-order chi connectivity index (χ1) is 10.5. The molecule has 22 heavy (non-hydrogen) atoms. The van der Waals surface area contributed by atoms with Crippen LogP contribution in [-0.2, 0) is 16.1 Å². The van der Waals surface area contributed by atoms with Crippen LogP contribution in [0.4, 0.5) is 0 Å². The molecule has 2 aromatic rings. The van der Waals surface area contributed by atoms with Crippen LogP contribution in [0.3, 0.4) is 0 Å². The van der Waals surface area contributed by atoms with Crippen molar-refractivity contribution in [3.63, 3.8) is 0 Å². The van der Waals surface area contributed by atoms with Crippen molar-refractivity contribution < 1.29 is 19.1 Å². The monoisotopic (exact) mass is 321 g/mol. The number of aliphatic carboxylic acids is 1. The van der Waals surface area contributed by atoms with Crippen molar-refractivity contribution in [1.29, 1.82) is 0 Å². The fraction of sp³-hybridized carbons (Fsp3) is 0.375. The van der Waals surface area contributed by atoms with Crippen LogP contribution in [0.25, 0.3) is 0 Å². The number of hydrogen-bond donors (Lipinski definition) is 2. The van der Waals surface area contributed by atoms with E-state index in [4.69, 9.17) is 9.52 Å². The molecule has 0 unspecified atom stereocenters. The highest BCUT2D eigenvalue weighted by Gasteiger charge is 2.20. The maximum absolute atomic E-state index is 12.1. The summed E-state index contributed by atoms with van der Waals surface area (Å²) in [6, 6.07) is 5.63. The highest BCUT2D eigenvalue weighted by Crippen LogP contribution is 2.27. The van der Waals surface area contributed by atoms with Gasteiger partial charge < -0.3 is 14.8 Å². The molecule has 0 aliphatic rings. The Kier molecular flexibility index (Phi) is 5.38. The lowest BCUT2D eigenvalue weighted by Gasteiger charge is -2.13. The van der Waals surface area contributed by atoms with Gasteiger partial charge in [0.2, 0.25) is 5.91 Å². The molecule has 0 radical (unpaired) electrons. The molecule has 1 amide bonds. The molecule has 0 aromatic carbocycles. The van der Waals surface area contributed by atoms with Crippen molar-refractivity contribution in [3.8, 4) is 0 Å². The minimum Gasteiger partial charge on any atom is -0.481 e. The number of rotatable bonds is 7. The maximum atomic E-state index is 12.1. The second-order valence-corrected chi connectivity index (χ2v) is 6.21. The van der Waals surface area contributed by atoms with Gasteiger partial charge in [0.1, 0.15) is 11.5 Å². The molecule has 5 nitrogen and oxygen atoms in total. The molecular weight excluding hydrogens is 302 g/mol. The van der Waals surface area contributed by atoms with Gasteiger partial charge >= 0.3 is 5.97 Å². The van der Waals surface area contributed by atoms with Crippen molar-refractivity contribution in [1.82, 2.24) is 5.32 Å². The van der Waals surface area contributed by atoms with E-state index in [0.717, 1.165) is 22.0 Å². The fourth-order valence-corrected chi connectivity index (χ4v) is 3.19. The lowest BCUT2D eigenvalue weighted by atomic mass is 9.99. The van der Waals surface area contributed by atoms with E-state index in [1.807, 2.05) is 37.4 Å². The second-order valence-electron chi connectivity index (χ2n) is 5.23. The van der Waals surface area contributed by atoms with Crippen molar-refractivity contribution in [2.75, 3.05) is 0 Å². The van der Waals surface area contributed by atoms with Crippen molar-refractivity contribution >= 4 is 23.2 Å². The first-order valence-corrected chi connectivity index (χ1v) is 7.91. The third-order valence-electron chi connectivity index (χ3n) is 3.42. The minimum atomic E-state index is -0.896. The van der Waals surface area contributed by atoms with E-state index < -0.39 is 5.97 Å². The average molecular weight is 321 g/mol. The van der Waals surface area contributed by atoms with Crippen LogP contribution < -0.4 is 5.32 Å². The molecular formula is C16H19NO4S. The Morgan fingerprint density at radius 3 is 2.68 bits per heavy atom. The standard InChI is InChI=1S/C16H19NO4S/c1-10-6-13(11(2)21-10)9-17-15(18)7-12(8-16(19)20)14-4-3-5-22-14/h3-6,12H,7-9H2,1-2H3,(H,17,18)(H,19,20)/t12-/m1/s1. The Hall–Kier alpha value is -2.08. The maximum Gasteiger partial charge on any atom is 0.304 e. The number of carboxylic acids is 1. The fourth-order valence-electron chi connectivity index (χ4n) is 2.36. The van der Waals surface area contributed by atoms with Crippen LogP contribution in [0.15, 0.2) is 28.0 Å². The van der Waals surface area contributed by atoms with Crippen molar-refractivity contribution in [3.05, 3.63) is 45.5 Å². The molecule has 0 fully saturated rings. The van der Waals surface area contributed by atoms with Crippen LogP contribution in [0.1, 0.15) is 40.7 Å². The molecule has 0 spiro atoms. The van der Waals surface area contributed by atoms with Gasteiger partial charge in [-0.2, -0.15) is 0 Å². The van der Waals surface area contributed by atoms with Gasteiger partial charge in [-0.1, -0.05) is 6.07 Å². The van der Waals surface area contributed by atoms with E-state index >= 15 is 0 Å². The van der Waals surface area contributed by atoms with Gasteiger partial charge in [-0.15, -0.1) is 11.3 Å². The summed E-state index contributed by atoms with van der Waals surface area (Å²) < 4.78 is 5.41. The topological polar surface area (TPSA) is 79.5 Å². The molecule has 118 valence electrons. The van der Waals surface area contributed by atoms with E-state index in [1.54, 1.807) is 0 Å². The van der Waals surface area contributed by atoms with Crippen LogP contribution in [0, 0.1) is 13.8 Å². The third kappa shape index (κ3) is 4.46. The van der Waals surface area contributed by atoms with Crippen LogP contribution in [0.2, 0.25) is 0 Å². The molecule has 1 atom stereocenters. The van der Waals surface area contributed by atoms with E-state index in [-0.39, 0.29) is 24.7 Å². The summed E-state index contributed by atoms with van der Waals surface area (Å²) in [6.07, 6.45) is 0.125. The number of hydrogen-bond acceptors (Lipinski definition) is 4. The molecule has 2 heterocycles. The van der Waals surface area contributed by atoms with E-state index in [2.05, 4.69) is 5.32 Å². The summed E-state index contributed by atoms with van der Waals surface area (Å²) in [4.78, 5) is 24.0. The number of amides is 1. The Morgan fingerprint density at radius 2 is 2.14 bits per heavy atom. The lowest BCUT2D eigenvalue weighted by Crippen LogP contribution is -2.25. The van der Waals surface area contributed by atoms with Crippen LogP contribution in [0.5, 0.6) is 0 Å². The molecule has 0 bridgehead atoms. The van der Waals surface area contributed by atoms with Crippen molar-refractivity contribution in [2.45, 2.75) is 39.2 Å². The van der Waals surface area contributed by atoms with Gasteiger partial charge in [-0.25, -0.2) is 0 Å². The van der Waals surface area contributed by atoms with Gasteiger partial charge in [0.25, 0.3) is 0 Å². The normalized spacial score (nSPS) is 12.1. The summed E-state index contributed by atoms with van der Waals surface area (Å²) in [5.41, 5.74) is 0.941. The summed E-state index contributed by atoms with van der Waals surface area (Å²) in [7, 11) is 0. The number of furan rings is 1. The molecule has 6 heteroatoms. The number of nitrogens with one attached hydrogen (secondary N) is 1. The highest BCUT2D eigenvalue weighted by atomic mass is 32.1. The highest BCUT2D eigenvalue weighted by molar-refractivity contribution is 7.10. The minimum absolute atomic E-state index is 0.0439. The zero-order valence-corrected chi connectivity index (χ0v) is 13.4. The molecule has 2 aromatic heterocycles. The molecule has 2 rings (SSSR count). The van der Waals surface area contributed by atoms with Gasteiger partial charge in [0, 0.05) is 29.3 Å². The average Bonchev–Trinajstić information content (AvgIpc) is 3.05. The zero-order valence-electron chi connectivity index (χ0n) is 12.6. The molecule has 0 aliphatic carbocycles. The largest absolute Gasteiger partial charge is 0.481 e. The number of carbonyl (C=O) groups is 2. The number of carbonyl (C=O) groups excluding carboxylic acids is 1. The summed E-state index contributed by atoms with van der Waals surface area (Å²) in [5.74, 6) is 0.261. The third-order valence-corrected chi connectivity index (χ3v) is 4.45. The zero-order chi connectivity index (χ0) is 16.1. The molecule has 0 saturated heterocycles. The van der Waals surface area contributed by atoms with Gasteiger partial charge in [0.15, 0.2) is 0 Å². The smallest absolute Gasteiger partial charge is 0.304 e. The van der Waals surface area contributed by atoms with E-state index in [1.165, 1.54) is 11.3 Å². The Labute approximate surface area is 133 Å². The van der Waals surface area contributed by atoms with Gasteiger partial charge in [-0.3, -0.25) is 9.59 Å². The van der Waals surface area contributed by atoms with E-state index in [9.17, 15) is 9.59 Å². The van der Waals surface area contributed by atoms with Crippen molar-refractivity contribution in [2.24, 2.45) is 0 Å². The number of thiophene rings is 1. The number of carboxylic acid groups (broad SMARTS) is 1. The number of aryl methyl sites for hydroxylation is 2. The first-order valence-electron chi connectivity index (χ1n) is 7.03. The summed E-state index contributed by atoms with van der Waals surface area (Å²) >= 11 is 1.48. The Balaban J connectivity index is 1.93.